The molecule has 1 amide bonds. The molecule has 0 spiro atoms. The van der Waals surface area contributed by atoms with Crippen LogP contribution in [-0.4, -0.2) is 32.2 Å². The molecule has 2 aromatic carbocycles. The van der Waals surface area contributed by atoms with Gasteiger partial charge in [-0.1, -0.05) is 0 Å². The van der Waals surface area contributed by atoms with Crippen molar-refractivity contribution in [1.82, 2.24) is 10.3 Å². The first-order chi connectivity index (χ1) is 13.5. The van der Waals surface area contributed by atoms with Gasteiger partial charge in [-0.15, -0.1) is 11.3 Å². The first-order valence-electron chi connectivity index (χ1n) is 8.68. The molecule has 0 saturated carbocycles. The van der Waals surface area contributed by atoms with E-state index >= 15 is 0 Å². The highest BCUT2D eigenvalue weighted by Gasteiger charge is 2.18. The first-order valence-corrected chi connectivity index (χ1v) is 9.56. The molecule has 0 aliphatic carbocycles. The molecule has 0 bridgehead atoms. The quantitative estimate of drug-likeness (QED) is 0.642. The summed E-state index contributed by atoms with van der Waals surface area (Å²) in [6.07, 6.45) is 0. The molecule has 0 saturated heterocycles. The van der Waals surface area contributed by atoms with Crippen LogP contribution in [-0.2, 0) is 0 Å². The third-order valence-electron chi connectivity index (χ3n) is 4.32. The molecule has 1 N–H and O–H groups in total. The average Bonchev–Trinajstić information content (AvgIpc) is 3.23. The van der Waals surface area contributed by atoms with Crippen molar-refractivity contribution in [2.45, 2.75) is 13.0 Å². The Morgan fingerprint density at radius 3 is 2.32 bits per heavy atom. The fraction of sp³-hybridized carbons (Fsp3) is 0.238. The summed E-state index contributed by atoms with van der Waals surface area (Å²) >= 11 is 1.42. The van der Waals surface area contributed by atoms with Gasteiger partial charge in [-0.3, -0.25) is 4.79 Å². The number of thiazole rings is 1. The summed E-state index contributed by atoms with van der Waals surface area (Å²) in [4.78, 5) is 17.1. The van der Waals surface area contributed by atoms with Crippen molar-refractivity contribution in [3.63, 3.8) is 0 Å². The van der Waals surface area contributed by atoms with Crippen molar-refractivity contribution in [2.24, 2.45) is 0 Å². The van der Waals surface area contributed by atoms with Gasteiger partial charge in [0.05, 0.1) is 27.4 Å². The lowest BCUT2D eigenvalue weighted by molar-refractivity contribution is 0.0935. The van der Waals surface area contributed by atoms with E-state index in [0.717, 1.165) is 21.9 Å². The number of aromatic nitrogens is 1. The number of hydrogen-bond donors (Lipinski definition) is 1. The van der Waals surface area contributed by atoms with Crippen LogP contribution >= 0.6 is 11.3 Å². The van der Waals surface area contributed by atoms with Gasteiger partial charge in [-0.05, 0) is 49.4 Å². The maximum absolute atomic E-state index is 12.7. The molecule has 1 unspecified atom stereocenters. The number of methoxy groups -OCH3 is 3. The predicted octanol–water partition coefficient (Wildman–Crippen LogP) is 4.33. The number of nitrogens with one attached hydrogen (secondary N) is 1. The van der Waals surface area contributed by atoms with Crippen molar-refractivity contribution < 1.29 is 19.0 Å². The molecule has 146 valence electrons. The summed E-state index contributed by atoms with van der Waals surface area (Å²) in [5, 5.41) is 5.50. The number of rotatable bonds is 7. The first kappa shape index (κ1) is 19.7. The molecule has 0 aliphatic rings. The Morgan fingerprint density at radius 2 is 1.68 bits per heavy atom. The summed E-state index contributed by atoms with van der Waals surface area (Å²) in [7, 11) is 4.82. The lowest BCUT2D eigenvalue weighted by atomic mass is 10.1. The van der Waals surface area contributed by atoms with Crippen LogP contribution in [0.15, 0.2) is 47.8 Å². The maximum Gasteiger partial charge on any atom is 0.271 e. The van der Waals surface area contributed by atoms with E-state index in [9.17, 15) is 4.79 Å². The second-order valence-corrected chi connectivity index (χ2v) is 6.93. The van der Waals surface area contributed by atoms with Crippen LogP contribution in [0.4, 0.5) is 0 Å². The summed E-state index contributed by atoms with van der Waals surface area (Å²) in [5.41, 5.74) is 2.15. The van der Waals surface area contributed by atoms with Crippen molar-refractivity contribution in [3.05, 3.63) is 59.1 Å². The third kappa shape index (κ3) is 4.26. The Hall–Kier alpha value is -3.06. The monoisotopic (exact) mass is 398 g/mol. The lowest BCUT2D eigenvalue weighted by Crippen LogP contribution is -2.27. The van der Waals surface area contributed by atoms with Crippen molar-refractivity contribution in [3.8, 4) is 27.8 Å². The molecular formula is C21H22N2O4S. The number of hydrogen-bond acceptors (Lipinski definition) is 6. The fourth-order valence-corrected chi connectivity index (χ4v) is 3.58. The van der Waals surface area contributed by atoms with Crippen molar-refractivity contribution in [1.29, 1.82) is 0 Å². The Balaban J connectivity index is 1.75. The molecular weight excluding hydrogens is 376 g/mol. The molecule has 3 aromatic rings. The minimum atomic E-state index is -0.274. The summed E-state index contributed by atoms with van der Waals surface area (Å²) in [6, 6.07) is 12.8. The number of carbonyl (C=O) groups excluding carboxylic acids is 1. The predicted molar refractivity (Wildman–Crippen MR) is 110 cm³/mol. The zero-order valence-corrected chi connectivity index (χ0v) is 17.0. The SMILES string of the molecule is COc1ccc(-c2nc(C(=O)NC(C)c3cc(OC)ccc3OC)cs2)cc1. The van der Waals surface area contributed by atoms with Crippen LogP contribution in [0.2, 0.25) is 0 Å². The van der Waals surface area contributed by atoms with Crippen molar-refractivity contribution in [2.75, 3.05) is 21.3 Å². The van der Waals surface area contributed by atoms with Crippen LogP contribution in [0.1, 0.15) is 29.0 Å². The van der Waals surface area contributed by atoms with Crippen LogP contribution < -0.4 is 19.5 Å². The minimum absolute atomic E-state index is 0.242. The van der Waals surface area contributed by atoms with E-state index in [1.807, 2.05) is 49.4 Å². The number of nitrogens with zero attached hydrogens (tertiary/aromatic N) is 1. The highest BCUT2D eigenvalue weighted by molar-refractivity contribution is 7.13. The fourth-order valence-electron chi connectivity index (χ4n) is 2.77. The van der Waals surface area contributed by atoms with Gasteiger partial charge in [0.15, 0.2) is 0 Å². The van der Waals surface area contributed by atoms with Gasteiger partial charge in [-0.25, -0.2) is 4.98 Å². The standard InChI is InChI=1S/C21H22N2O4S/c1-13(17-11-16(26-3)9-10-19(17)27-4)22-20(24)18-12-28-21(23-18)14-5-7-15(25-2)8-6-14/h5-13H,1-4H3,(H,22,24). The Labute approximate surface area is 168 Å². The second kappa shape index (κ2) is 8.75. The van der Waals surface area contributed by atoms with E-state index in [2.05, 4.69) is 10.3 Å². The van der Waals surface area contributed by atoms with Crippen LogP contribution in [0.5, 0.6) is 17.2 Å². The molecule has 1 atom stereocenters. The third-order valence-corrected chi connectivity index (χ3v) is 5.22. The summed E-state index contributed by atoms with van der Waals surface area (Å²) < 4.78 is 15.8. The summed E-state index contributed by atoms with van der Waals surface area (Å²) in [6.45, 7) is 1.89. The zero-order chi connectivity index (χ0) is 20.1. The molecule has 1 heterocycles. The zero-order valence-electron chi connectivity index (χ0n) is 16.2. The van der Waals surface area contributed by atoms with Gasteiger partial charge in [0.2, 0.25) is 0 Å². The molecule has 28 heavy (non-hydrogen) atoms. The maximum atomic E-state index is 12.7. The second-order valence-electron chi connectivity index (χ2n) is 6.07. The molecule has 7 heteroatoms. The van der Waals surface area contributed by atoms with E-state index in [4.69, 9.17) is 14.2 Å². The van der Waals surface area contributed by atoms with E-state index in [0.29, 0.717) is 17.2 Å². The Bertz CT molecular complexity index is 953. The lowest BCUT2D eigenvalue weighted by Gasteiger charge is -2.17. The molecule has 0 radical (unpaired) electrons. The number of benzene rings is 2. The largest absolute Gasteiger partial charge is 0.497 e. The Kier molecular flexibility index (Phi) is 6.16. The van der Waals surface area contributed by atoms with E-state index in [-0.39, 0.29) is 11.9 Å². The minimum Gasteiger partial charge on any atom is -0.497 e. The van der Waals surface area contributed by atoms with Crippen LogP contribution in [0.3, 0.4) is 0 Å². The van der Waals surface area contributed by atoms with E-state index in [1.165, 1.54) is 11.3 Å². The normalized spacial score (nSPS) is 11.6. The van der Waals surface area contributed by atoms with Gasteiger partial charge in [0.1, 0.15) is 28.0 Å². The van der Waals surface area contributed by atoms with Gasteiger partial charge in [0.25, 0.3) is 5.91 Å². The molecule has 1 aromatic heterocycles. The topological polar surface area (TPSA) is 69.7 Å². The van der Waals surface area contributed by atoms with Gasteiger partial charge in [0, 0.05) is 16.5 Å². The van der Waals surface area contributed by atoms with Gasteiger partial charge >= 0.3 is 0 Å². The number of amides is 1. The van der Waals surface area contributed by atoms with Gasteiger partial charge in [-0.2, -0.15) is 0 Å². The van der Waals surface area contributed by atoms with Crippen LogP contribution in [0.25, 0.3) is 10.6 Å². The highest BCUT2D eigenvalue weighted by atomic mass is 32.1. The molecule has 0 aliphatic heterocycles. The van der Waals surface area contributed by atoms with Gasteiger partial charge < -0.3 is 19.5 Å². The summed E-state index contributed by atoms with van der Waals surface area (Å²) in [5.74, 6) is 1.92. The van der Waals surface area contributed by atoms with E-state index in [1.54, 1.807) is 26.7 Å². The average molecular weight is 398 g/mol. The van der Waals surface area contributed by atoms with E-state index < -0.39 is 0 Å². The number of ether oxygens (including phenoxy) is 3. The number of carbonyl (C=O) groups is 1. The van der Waals surface area contributed by atoms with Crippen molar-refractivity contribution >= 4 is 17.2 Å². The highest BCUT2D eigenvalue weighted by Crippen LogP contribution is 2.30. The smallest absolute Gasteiger partial charge is 0.271 e. The molecule has 3 rings (SSSR count). The van der Waals surface area contributed by atoms with Crippen LogP contribution in [0, 0.1) is 0 Å². The Morgan fingerprint density at radius 1 is 1.00 bits per heavy atom. The molecule has 6 nitrogen and oxygen atoms in total. The molecule has 0 fully saturated rings.